The SMILES string of the molecule is CCC(N)c1ccccc1Oc1cc(C)ccc1Cl. The third-order valence-electron chi connectivity index (χ3n) is 3.06. The van der Waals surface area contributed by atoms with E-state index in [0.717, 1.165) is 23.3 Å². The topological polar surface area (TPSA) is 35.2 Å². The first-order valence-electron chi connectivity index (χ1n) is 6.40. The summed E-state index contributed by atoms with van der Waals surface area (Å²) in [5.41, 5.74) is 8.21. The van der Waals surface area contributed by atoms with Crippen LogP contribution in [0.2, 0.25) is 5.02 Å². The van der Waals surface area contributed by atoms with Crippen LogP contribution >= 0.6 is 11.6 Å². The van der Waals surface area contributed by atoms with Gasteiger partial charge in [0.25, 0.3) is 0 Å². The maximum Gasteiger partial charge on any atom is 0.146 e. The van der Waals surface area contributed by atoms with Crippen molar-refractivity contribution in [3.8, 4) is 11.5 Å². The van der Waals surface area contributed by atoms with Gasteiger partial charge in [-0.2, -0.15) is 0 Å². The number of aryl methyl sites for hydroxylation is 1. The van der Waals surface area contributed by atoms with Crippen molar-refractivity contribution in [1.29, 1.82) is 0 Å². The van der Waals surface area contributed by atoms with Crippen molar-refractivity contribution in [2.24, 2.45) is 5.73 Å². The fourth-order valence-electron chi connectivity index (χ4n) is 1.91. The normalized spacial score (nSPS) is 12.2. The highest BCUT2D eigenvalue weighted by Crippen LogP contribution is 2.34. The molecule has 0 aliphatic rings. The van der Waals surface area contributed by atoms with Gasteiger partial charge in [0.2, 0.25) is 0 Å². The summed E-state index contributed by atoms with van der Waals surface area (Å²) >= 11 is 6.16. The van der Waals surface area contributed by atoms with Gasteiger partial charge in [0.15, 0.2) is 0 Å². The first-order chi connectivity index (χ1) is 9.11. The van der Waals surface area contributed by atoms with Crippen molar-refractivity contribution in [3.05, 3.63) is 58.6 Å². The summed E-state index contributed by atoms with van der Waals surface area (Å²) in [5, 5.41) is 0.602. The van der Waals surface area contributed by atoms with Crippen molar-refractivity contribution in [1.82, 2.24) is 0 Å². The van der Waals surface area contributed by atoms with Gasteiger partial charge in [0.1, 0.15) is 11.5 Å². The van der Waals surface area contributed by atoms with E-state index in [9.17, 15) is 0 Å². The molecule has 100 valence electrons. The Morgan fingerprint density at radius 2 is 1.89 bits per heavy atom. The molecular weight excluding hydrogens is 258 g/mol. The van der Waals surface area contributed by atoms with Gasteiger partial charge >= 0.3 is 0 Å². The molecule has 0 fully saturated rings. The Balaban J connectivity index is 2.35. The van der Waals surface area contributed by atoms with Gasteiger partial charge in [-0.25, -0.2) is 0 Å². The molecule has 2 nitrogen and oxygen atoms in total. The van der Waals surface area contributed by atoms with Crippen molar-refractivity contribution < 1.29 is 4.74 Å². The molecule has 19 heavy (non-hydrogen) atoms. The number of benzene rings is 2. The second-order valence-corrected chi connectivity index (χ2v) is 5.00. The Kier molecular flexibility index (Phi) is 4.46. The summed E-state index contributed by atoms with van der Waals surface area (Å²) in [7, 11) is 0. The first kappa shape index (κ1) is 13.9. The van der Waals surface area contributed by atoms with Gasteiger partial charge in [0.05, 0.1) is 5.02 Å². The second kappa shape index (κ2) is 6.09. The lowest BCUT2D eigenvalue weighted by Gasteiger charge is -2.16. The molecule has 2 aromatic carbocycles. The van der Waals surface area contributed by atoms with Crippen LogP contribution < -0.4 is 10.5 Å². The summed E-state index contributed by atoms with van der Waals surface area (Å²) in [6.07, 6.45) is 0.863. The van der Waals surface area contributed by atoms with Gasteiger partial charge in [-0.3, -0.25) is 0 Å². The van der Waals surface area contributed by atoms with E-state index in [-0.39, 0.29) is 6.04 Å². The predicted molar refractivity (Wildman–Crippen MR) is 79.9 cm³/mol. The van der Waals surface area contributed by atoms with Gasteiger partial charge in [-0.15, -0.1) is 0 Å². The van der Waals surface area contributed by atoms with Crippen LogP contribution in [0.25, 0.3) is 0 Å². The van der Waals surface area contributed by atoms with Crippen LogP contribution in [0.3, 0.4) is 0 Å². The molecule has 0 aliphatic heterocycles. The van der Waals surface area contributed by atoms with Crippen molar-refractivity contribution >= 4 is 11.6 Å². The molecule has 0 amide bonds. The Bertz CT molecular complexity index is 568. The van der Waals surface area contributed by atoms with Crippen LogP contribution in [-0.4, -0.2) is 0 Å². The van der Waals surface area contributed by atoms with Crippen molar-refractivity contribution in [3.63, 3.8) is 0 Å². The average Bonchev–Trinajstić information content (AvgIpc) is 2.42. The molecule has 0 saturated carbocycles. The van der Waals surface area contributed by atoms with E-state index >= 15 is 0 Å². The fraction of sp³-hybridized carbons (Fsp3) is 0.250. The molecule has 2 N–H and O–H groups in total. The molecule has 0 saturated heterocycles. The monoisotopic (exact) mass is 275 g/mol. The molecular formula is C16H18ClNO. The third-order valence-corrected chi connectivity index (χ3v) is 3.38. The van der Waals surface area contributed by atoms with Crippen LogP contribution in [-0.2, 0) is 0 Å². The quantitative estimate of drug-likeness (QED) is 0.866. The second-order valence-electron chi connectivity index (χ2n) is 4.59. The number of ether oxygens (including phenoxy) is 1. The molecule has 1 unspecified atom stereocenters. The lowest BCUT2D eigenvalue weighted by Crippen LogP contribution is -2.09. The summed E-state index contributed by atoms with van der Waals surface area (Å²) in [6, 6.07) is 13.5. The van der Waals surface area contributed by atoms with E-state index in [1.807, 2.05) is 49.4 Å². The molecule has 0 aromatic heterocycles. The smallest absolute Gasteiger partial charge is 0.146 e. The number of hydrogen-bond donors (Lipinski definition) is 1. The van der Waals surface area contributed by atoms with Gasteiger partial charge in [-0.1, -0.05) is 42.8 Å². The summed E-state index contributed by atoms with van der Waals surface area (Å²) in [5.74, 6) is 1.43. The Morgan fingerprint density at radius 3 is 2.63 bits per heavy atom. The standard InChI is InChI=1S/C16H18ClNO/c1-3-14(18)12-6-4-5-7-15(12)19-16-10-11(2)8-9-13(16)17/h4-10,14H,3,18H2,1-2H3. The molecule has 0 heterocycles. The highest BCUT2D eigenvalue weighted by atomic mass is 35.5. The molecule has 0 aliphatic carbocycles. The fourth-order valence-corrected chi connectivity index (χ4v) is 2.06. The van der Waals surface area contributed by atoms with E-state index in [2.05, 4.69) is 6.92 Å². The number of nitrogens with two attached hydrogens (primary N) is 1. The van der Waals surface area contributed by atoms with Gasteiger partial charge < -0.3 is 10.5 Å². The number of rotatable bonds is 4. The molecule has 0 radical (unpaired) electrons. The molecule has 3 heteroatoms. The van der Waals surface area contributed by atoms with Crippen molar-refractivity contribution in [2.45, 2.75) is 26.3 Å². The molecule has 2 rings (SSSR count). The largest absolute Gasteiger partial charge is 0.455 e. The van der Waals surface area contributed by atoms with E-state index in [1.165, 1.54) is 0 Å². The number of halogens is 1. The van der Waals surface area contributed by atoms with E-state index < -0.39 is 0 Å². The maximum atomic E-state index is 6.16. The van der Waals surface area contributed by atoms with Gasteiger partial charge in [0, 0.05) is 11.6 Å². The zero-order valence-electron chi connectivity index (χ0n) is 11.2. The minimum Gasteiger partial charge on any atom is -0.455 e. The zero-order chi connectivity index (χ0) is 13.8. The van der Waals surface area contributed by atoms with Crippen LogP contribution in [0.1, 0.15) is 30.5 Å². The maximum absolute atomic E-state index is 6.16. The predicted octanol–water partition coefficient (Wildman–Crippen LogP) is 4.85. The van der Waals surface area contributed by atoms with Gasteiger partial charge in [-0.05, 0) is 37.1 Å². The third kappa shape index (κ3) is 3.28. The minimum atomic E-state index is -0.0280. The van der Waals surface area contributed by atoms with E-state index in [4.69, 9.17) is 22.1 Å². The summed E-state index contributed by atoms with van der Waals surface area (Å²) < 4.78 is 5.93. The highest BCUT2D eigenvalue weighted by Gasteiger charge is 2.12. The zero-order valence-corrected chi connectivity index (χ0v) is 11.9. The molecule has 1 atom stereocenters. The first-order valence-corrected chi connectivity index (χ1v) is 6.78. The Labute approximate surface area is 119 Å². The number of para-hydroxylation sites is 1. The van der Waals surface area contributed by atoms with Crippen LogP contribution in [0.5, 0.6) is 11.5 Å². The van der Waals surface area contributed by atoms with Crippen molar-refractivity contribution in [2.75, 3.05) is 0 Å². The highest BCUT2D eigenvalue weighted by molar-refractivity contribution is 6.32. The molecule has 0 bridgehead atoms. The Hall–Kier alpha value is -1.51. The van der Waals surface area contributed by atoms with Crippen LogP contribution in [0, 0.1) is 6.92 Å². The van der Waals surface area contributed by atoms with Crippen LogP contribution in [0.4, 0.5) is 0 Å². The average molecular weight is 276 g/mol. The number of hydrogen-bond acceptors (Lipinski definition) is 2. The molecule has 0 spiro atoms. The lowest BCUT2D eigenvalue weighted by molar-refractivity contribution is 0.468. The van der Waals surface area contributed by atoms with E-state index in [0.29, 0.717) is 10.8 Å². The molecule has 2 aromatic rings. The summed E-state index contributed by atoms with van der Waals surface area (Å²) in [6.45, 7) is 4.06. The summed E-state index contributed by atoms with van der Waals surface area (Å²) in [4.78, 5) is 0. The van der Waals surface area contributed by atoms with Crippen LogP contribution in [0.15, 0.2) is 42.5 Å². The Morgan fingerprint density at radius 1 is 1.16 bits per heavy atom. The van der Waals surface area contributed by atoms with E-state index in [1.54, 1.807) is 0 Å². The lowest BCUT2D eigenvalue weighted by atomic mass is 10.0. The minimum absolute atomic E-state index is 0.0280.